The van der Waals surface area contributed by atoms with E-state index in [1.165, 1.54) is 18.7 Å². The molecule has 3 heteroatoms. The van der Waals surface area contributed by atoms with Crippen molar-refractivity contribution in [2.45, 2.75) is 32.4 Å². The van der Waals surface area contributed by atoms with E-state index >= 15 is 0 Å². The Morgan fingerprint density at radius 3 is 2.53 bits per heavy atom. The van der Waals surface area contributed by atoms with Crippen molar-refractivity contribution >= 4 is 21.6 Å². The molecule has 2 rings (SSSR count). The maximum Gasteiger partial charge on any atom is 0.0343 e. The van der Waals surface area contributed by atoms with Gasteiger partial charge in [0.25, 0.3) is 0 Å². The van der Waals surface area contributed by atoms with Crippen LogP contribution < -0.4 is 5.32 Å². The van der Waals surface area contributed by atoms with Crippen LogP contribution in [0.1, 0.15) is 20.3 Å². The van der Waals surface area contributed by atoms with Gasteiger partial charge in [0.1, 0.15) is 0 Å². The minimum absolute atomic E-state index is 0.586. The fourth-order valence-corrected chi connectivity index (χ4v) is 2.77. The largest absolute Gasteiger partial charge is 0.382 e. The van der Waals surface area contributed by atoms with Gasteiger partial charge in [-0.2, -0.15) is 0 Å². The molecule has 1 aromatic rings. The number of nitrogens with one attached hydrogen (secondary N) is 1. The van der Waals surface area contributed by atoms with E-state index in [0.717, 1.165) is 4.47 Å². The third-order valence-electron chi connectivity index (χ3n) is 3.81. The highest BCUT2D eigenvalue weighted by Crippen LogP contribution is 2.24. The maximum absolute atomic E-state index is 3.66. The van der Waals surface area contributed by atoms with Gasteiger partial charge in [0, 0.05) is 28.8 Å². The van der Waals surface area contributed by atoms with Crippen LogP contribution in [0.4, 0.5) is 5.69 Å². The molecule has 3 atom stereocenters. The topological polar surface area (TPSA) is 15.3 Å². The zero-order chi connectivity index (χ0) is 12.4. The first kappa shape index (κ1) is 12.9. The van der Waals surface area contributed by atoms with Gasteiger partial charge in [-0.15, -0.1) is 0 Å². The molecule has 1 fully saturated rings. The summed E-state index contributed by atoms with van der Waals surface area (Å²) in [5.74, 6) is 0.694. The van der Waals surface area contributed by atoms with E-state index in [9.17, 15) is 0 Å². The van der Waals surface area contributed by atoms with Crippen LogP contribution in [-0.2, 0) is 0 Å². The summed E-state index contributed by atoms with van der Waals surface area (Å²) in [6.07, 6.45) is 1.22. The second-order valence-corrected chi connectivity index (χ2v) is 6.17. The summed E-state index contributed by atoms with van der Waals surface area (Å²) in [6.45, 7) is 5.82. The fourth-order valence-electron chi connectivity index (χ4n) is 2.50. The minimum Gasteiger partial charge on any atom is -0.382 e. The normalized spacial score (nSPS) is 30.2. The van der Waals surface area contributed by atoms with Crippen molar-refractivity contribution in [3.8, 4) is 0 Å². The monoisotopic (exact) mass is 296 g/mol. The molecule has 1 N–H and O–H groups in total. The van der Waals surface area contributed by atoms with Crippen molar-refractivity contribution in [2.75, 3.05) is 18.9 Å². The van der Waals surface area contributed by atoms with Crippen molar-refractivity contribution in [2.24, 2.45) is 5.92 Å². The molecule has 1 saturated heterocycles. The number of benzene rings is 1. The Balaban J connectivity index is 2.00. The van der Waals surface area contributed by atoms with Crippen LogP contribution in [-0.4, -0.2) is 30.6 Å². The lowest BCUT2D eigenvalue weighted by molar-refractivity contribution is 0.145. The predicted octanol–water partition coefficient (Wildman–Crippen LogP) is 3.59. The molecule has 0 amide bonds. The standard InChI is InChI=1S/C14H21BrN2/c1-10-9-17(3)11(2)8-14(10)16-13-6-4-12(15)5-7-13/h4-7,10-11,14,16H,8-9H2,1-3H3. The van der Waals surface area contributed by atoms with Gasteiger partial charge in [0.05, 0.1) is 0 Å². The third-order valence-corrected chi connectivity index (χ3v) is 4.34. The lowest BCUT2D eigenvalue weighted by Gasteiger charge is -2.40. The number of likely N-dealkylation sites (tertiary alicyclic amines) is 1. The quantitative estimate of drug-likeness (QED) is 0.897. The van der Waals surface area contributed by atoms with Crippen LogP contribution >= 0.6 is 15.9 Å². The number of nitrogens with zero attached hydrogens (tertiary/aromatic N) is 1. The van der Waals surface area contributed by atoms with Gasteiger partial charge in [-0.1, -0.05) is 22.9 Å². The van der Waals surface area contributed by atoms with Crippen LogP contribution in [0.15, 0.2) is 28.7 Å². The molecule has 0 radical (unpaired) electrons. The second-order valence-electron chi connectivity index (χ2n) is 5.26. The van der Waals surface area contributed by atoms with E-state index in [1.54, 1.807) is 0 Å². The van der Waals surface area contributed by atoms with Crippen molar-refractivity contribution in [1.82, 2.24) is 4.90 Å². The number of anilines is 1. The van der Waals surface area contributed by atoms with Crippen molar-refractivity contribution in [1.29, 1.82) is 0 Å². The summed E-state index contributed by atoms with van der Waals surface area (Å²) < 4.78 is 1.13. The van der Waals surface area contributed by atoms with Crippen molar-refractivity contribution < 1.29 is 0 Å². The molecule has 0 saturated carbocycles. The molecule has 1 heterocycles. The Labute approximate surface area is 113 Å². The molecule has 1 aliphatic rings. The number of piperidine rings is 1. The molecule has 3 unspecified atom stereocenters. The molecule has 0 spiro atoms. The van der Waals surface area contributed by atoms with Gasteiger partial charge in [-0.05, 0) is 50.6 Å². The highest BCUT2D eigenvalue weighted by Gasteiger charge is 2.28. The Morgan fingerprint density at radius 1 is 1.24 bits per heavy atom. The second kappa shape index (κ2) is 5.40. The van der Waals surface area contributed by atoms with E-state index in [4.69, 9.17) is 0 Å². The molecule has 17 heavy (non-hydrogen) atoms. The summed E-state index contributed by atoms with van der Waals surface area (Å²) in [5.41, 5.74) is 1.22. The Hall–Kier alpha value is -0.540. The first-order chi connectivity index (χ1) is 8.06. The first-order valence-corrected chi connectivity index (χ1v) is 7.08. The van der Waals surface area contributed by atoms with Gasteiger partial charge >= 0.3 is 0 Å². The van der Waals surface area contributed by atoms with Crippen LogP contribution in [0.2, 0.25) is 0 Å². The van der Waals surface area contributed by atoms with Crippen LogP contribution in [0, 0.1) is 5.92 Å². The number of halogens is 1. The van der Waals surface area contributed by atoms with E-state index in [2.05, 4.69) is 71.3 Å². The van der Waals surface area contributed by atoms with E-state index in [-0.39, 0.29) is 0 Å². The average Bonchev–Trinajstić information content (AvgIpc) is 2.29. The first-order valence-electron chi connectivity index (χ1n) is 6.28. The van der Waals surface area contributed by atoms with E-state index in [1.807, 2.05) is 0 Å². The molecule has 0 bridgehead atoms. The molecule has 2 nitrogen and oxygen atoms in total. The zero-order valence-electron chi connectivity index (χ0n) is 10.8. The summed E-state index contributed by atoms with van der Waals surface area (Å²) in [4.78, 5) is 2.45. The minimum atomic E-state index is 0.586. The fraction of sp³-hybridized carbons (Fsp3) is 0.571. The zero-order valence-corrected chi connectivity index (χ0v) is 12.4. The SMILES string of the molecule is CC1CN(C)C(C)CC1Nc1ccc(Br)cc1. The highest BCUT2D eigenvalue weighted by atomic mass is 79.9. The van der Waals surface area contributed by atoms with E-state index < -0.39 is 0 Å². The van der Waals surface area contributed by atoms with Gasteiger partial charge in [-0.25, -0.2) is 0 Å². The van der Waals surface area contributed by atoms with Gasteiger partial charge in [0.15, 0.2) is 0 Å². The molecule has 94 valence electrons. The third kappa shape index (κ3) is 3.23. The Kier molecular flexibility index (Phi) is 4.10. The van der Waals surface area contributed by atoms with Gasteiger partial charge in [0.2, 0.25) is 0 Å². The predicted molar refractivity (Wildman–Crippen MR) is 77.4 cm³/mol. The maximum atomic E-state index is 3.66. The Bertz CT molecular complexity index is 363. The lowest BCUT2D eigenvalue weighted by Crippen LogP contribution is -2.48. The van der Waals surface area contributed by atoms with Crippen LogP contribution in [0.3, 0.4) is 0 Å². The van der Waals surface area contributed by atoms with E-state index in [0.29, 0.717) is 18.0 Å². The van der Waals surface area contributed by atoms with Crippen LogP contribution in [0.25, 0.3) is 0 Å². The highest BCUT2D eigenvalue weighted by molar-refractivity contribution is 9.10. The molecule has 0 aliphatic carbocycles. The number of rotatable bonds is 2. The molecule has 1 aliphatic heterocycles. The van der Waals surface area contributed by atoms with Gasteiger partial charge in [-0.3, -0.25) is 0 Å². The molecule has 0 aromatic heterocycles. The number of hydrogen-bond acceptors (Lipinski definition) is 2. The van der Waals surface area contributed by atoms with Crippen LogP contribution in [0.5, 0.6) is 0 Å². The molecule has 1 aromatic carbocycles. The molecular weight excluding hydrogens is 276 g/mol. The summed E-state index contributed by atoms with van der Waals surface area (Å²) >= 11 is 3.47. The smallest absolute Gasteiger partial charge is 0.0343 e. The summed E-state index contributed by atoms with van der Waals surface area (Å²) in [5, 5.41) is 3.66. The van der Waals surface area contributed by atoms with Crippen molar-refractivity contribution in [3.05, 3.63) is 28.7 Å². The van der Waals surface area contributed by atoms with Crippen molar-refractivity contribution in [3.63, 3.8) is 0 Å². The lowest BCUT2D eigenvalue weighted by atomic mass is 9.89. The Morgan fingerprint density at radius 2 is 1.88 bits per heavy atom. The average molecular weight is 297 g/mol. The van der Waals surface area contributed by atoms with Gasteiger partial charge < -0.3 is 10.2 Å². The molecular formula is C14H21BrN2. The number of hydrogen-bond donors (Lipinski definition) is 1. The summed E-state index contributed by atoms with van der Waals surface area (Å²) in [7, 11) is 2.22. The summed E-state index contributed by atoms with van der Waals surface area (Å²) in [6, 6.07) is 9.71.